The van der Waals surface area contributed by atoms with Crippen molar-refractivity contribution in [2.45, 2.75) is 6.18 Å². The summed E-state index contributed by atoms with van der Waals surface area (Å²) in [4.78, 5) is 12.1. The minimum Gasteiger partial charge on any atom is -0.365 e. The first-order valence-corrected chi connectivity index (χ1v) is 9.39. The van der Waals surface area contributed by atoms with Gasteiger partial charge in [-0.1, -0.05) is 40.5 Å². The molecule has 4 N–H and O–H groups in total. The number of nitrogens with zero attached hydrogens (tertiary/aromatic N) is 1. The number of nitrogens with two attached hydrogens (primary N) is 1. The lowest BCUT2D eigenvalue weighted by Crippen LogP contribution is -2.22. The van der Waals surface area contributed by atoms with Crippen LogP contribution in [0.4, 0.5) is 23.2 Å². The molecule has 3 aromatic rings. The minimum absolute atomic E-state index is 0.0540. The van der Waals surface area contributed by atoms with Crippen molar-refractivity contribution in [1.82, 2.24) is 5.16 Å². The van der Waals surface area contributed by atoms with Crippen molar-refractivity contribution in [3.05, 3.63) is 75.3 Å². The molecule has 1 heterocycles. The first-order chi connectivity index (χ1) is 15.0. The quantitative estimate of drug-likeness (QED) is 0.297. The number of allylic oxidation sites excluding steroid dienone is 2. The second kappa shape index (κ2) is 9.01. The summed E-state index contributed by atoms with van der Waals surface area (Å²) in [5.74, 6) is -2.96. The fourth-order valence-electron chi connectivity index (χ4n) is 2.85. The van der Waals surface area contributed by atoms with Gasteiger partial charge < -0.3 is 21.0 Å². The fraction of sp³-hybridized carbons (Fsp3) is 0.0500. The molecule has 32 heavy (non-hydrogen) atoms. The number of hydrogen-bond donors (Lipinski definition) is 3. The third kappa shape index (κ3) is 4.61. The predicted octanol–water partition coefficient (Wildman–Crippen LogP) is 5.92. The van der Waals surface area contributed by atoms with Gasteiger partial charge in [0.2, 0.25) is 0 Å². The molecule has 0 saturated heterocycles. The monoisotopic (exact) mass is 486 g/mol. The van der Waals surface area contributed by atoms with Crippen LogP contribution >= 0.6 is 23.2 Å². The molecule has 0 aliphatic carbocycles. The maximum absolute atomic E-state index is 14.4. The summed E-state index contributed by atoms with van der Waals surface area (Å²) in [7, 11) is 0. The molecule has 12 heteroatoms. The lowest BCUT2D eigenvalue weighted by atomic mass is 10.0. The summed E-state index contributed by atoms with van der Waals surface area (Å²) < 4.78 is 61.0. The van der Waals surface area contributed by atoms with Crippen LogP contribution in [0, 0.1) is 11.2 Å². The van der Waals surface area contributed by atoms with Gasteiger partial charge in [-0.05, 0) is 30.3 Å². The number of carbonyl (C=O) groups excluding carboxylic acids is 1. The second-order valence-electron chi connectivity index (χ2n) is 6.26. The molecule has 1 amide bonds. The number of primary amides is 1. The normalized spacial score (nSPS) is 12.3. The molecule has 0 aliphatic heterocycles. The smallest absolute Gasteiger partial charge is 0.365 e. The van der Waals surface area contributed by atoms with Gasteiger partial charge in [-0.15, -0.1) is 0 Å². The molecule has 0 saturated carbocycles. The molecule has 0 unspecified atom stereocenters. The number of rotatable bonds is 6. The number of anilines is 1. The number of alkyl halides is 3. The van der Waals surface area contributed by atoms with E-state index in [0.29, 0.717) is 6.21 Å². The first kappa shape index (κ1) is 23.3. The average molecular weight is 487 g/mol. The summed E-state index contributed by atoms with van der Waals surface area (Å²) in [5.41, 5.74) is 1.37. The van der Waals surface area contributed by atoms with Gasteiger partial charge in [0.25, 0.3) is 5.91 Å². The summed E-state index contributed by atoms with van der Waals surface area (Å²) in [6.07, 6.45) is -4.73. The summed E-state index contributed by atoms with van der Waals surface area (Å²) in [5, 5.41) is 13.2. The zero-order valence-electron chi connectivity index (χ0n) is 15.7. The van der Waals surface area contributed by atoms with E-state index >= 15 is 0 Å². The number of nitrogens with one attached hydrogen (secondary N) is 2. The molecule has 0 aliphatic rings. The summed E-state index contributed by atoms with van der Waals surface area (Å²) in [6.45, 7) is 0. The molecule has 166 valence electrons. The molecule has 0 spiro atoms. The van der Waals surface area contributed by atoms with E-state index in [1.807, 2.05) is 0 Å². The Morgan fingerprint density at radius 1 is 1.19 bits per heavy atom. The van der Waals surface area contributed by atoms with Gasteiger partial charge in [-0.25, -0.2) is 4.39 Å². The number of hydrogen-bond acceptors (Lipinski definition) is 5. The second-order valence-corrected chi connectivity index (χ2v) is 7.11. The van der Waals surface area contributed by atoms with Crippen LogP contribution in [0.5, 0.6) is 0 Å². The van der Waals surface area contributed by atoms with E-state index in [4.69, 9.17) is 38.9 Å². The van der Waals surface area contributed by atoms with Gasteiger partial charge >= 0.3 is 6.18 Å². The highest BCUT2D eigenvalue weighted by Crippen LogP contribution is 2.38. The minimum atomic E-state index is -5.04. The zero-order valence-corrected chi connectivity index (χ0v) is 17.2. The highest BCUT2D eigenvalue weighted by molar-refractivity contribution is 6.33. The molecule has 0 fully saturated rings. The number of amides is 1. The zero-order chi connectivity index (χ0) is 23.6. The Balaban J connectivity index is 2.29. The molecule has 3 rings (SSSR count). The van der Waals surface area contributed by atoms with E-state index in [-0.39, 0.29) is 15.7 Å². The van der Waals surface area contributed by atoms with Crippen molar-refractivity contribution in [3.8, 4) is 11.3 Å². The number of halogens is 6. The van der Waals surface area contributed by atoms with Gasteiger partial charge in [-0.2, -0.15) is 13.2 Å². The van der Waals surface area contributed by atoms with Crippen molar-refractivity contribution in [2.24, 2.45) is 5.73 Å². The van der Waals surface area contributed by atoms with Crippen molar-refractivity contribution >= 4 is 46.6 Å². The third-order valence-electron chi connectivity index (χ3n) is 4.17. The largest absolute Gasteiger partial charge is 0.432 e. The maximum Gasteiger partial charge on any atom is 0.432 e. The Morgan fingerprint density at radius 3 is 2.44 bits per heavy atom. The maximum atomic E-state index is 14.4. The van der Waals surface area contributed by atoms with E-state index in [1.54, 1.807) is 0 Å². The number of carbonyl (C=O) groups is 1. The van der Waals surface area contributed by atoms with E-state index in [9.17, 15) is 22.4 Å². The van der Waals surface area contributed by atoms with Crippen LogP contribution in [0.2, 0.25) is 10.0 Å². The molecule has 0 radical (unpaired) electrons. The summed E-state index contributed by atoms with van der Waals surface area (Å²) in [6, 6.07) is 8.96. The average Bonchev–Trinajstić information content (AvgIpc) is 3.12. The fourth-order valence-corrected chi connectivity index (χ4v) is 3.29. The molecule has 2 aromatic carbocycles. The van der Waals surface area contributed by atoms with Crippen molar-refractivity contribution < 1.29 is 26.9 Å². The van der Waals surface area contributed by atoms with Crippen LogP contribution in [0.3, 0.4) is 0 Å². The SMILES string of the molecule is N=C/C(=C(\Nc1cccc(Cl)c1)C(F)(F)F)c1onc(-c2c(F)cccc2Cl)c1C(N)=O. The van der Waals surface area contributed by atoms with E-state index < -0.39 is 51.8 Å². The van der Waals surface area contributed by atoms with Crippen molar-refractivity contribution in [3.63, 3.8) is 0 Å². The van der Waals surface area contributed by atoms with Gasteiger partial charge in [0.15, 0.2) is 5.76 Å². The number of benzene rings is 2. The van der Waals surface area contributed by atoms with Gasteiger partial charge in [0.1, 0.15) is 22.8 Å². The van der Waals surface area contributed by atoms with Gasteiger partial charge in [-0.3, -0.25) is 4.79 Å². The van der Waals surface area contributed by atoms with Crippen LogP contribution in [0.1, 0.15) is 16.1 Å². The van der Waals surface area contributed by atoms with Crippen LogP contribution < -0.4 is 11.1 Å². The molecular weight excluding hydrogens is 475 g/mol. The Labute approximate surface area is 188 Å². The molecule has 0 atom stereocenters. The number of aromatic nitrogens is 1. The molecule has 0 bridgehead atoms. The lowest BCUT2D eigenvalue weighted by Gasteiger charge is -2.17. The van der Waals surface area contributed by atoms with E-state index in [0.717, 1.165) is 6.07 Å². The Morgan fingerprint density at radius 2 is 1.88 bits per heavy atom. The van der Waals surface area contributed by atoms with E-state index in [1.165, 1.54) is 36.4 Å². The van der Waals surface area contributed by atoms with Crippen molar-refractivity contribution in [1.29, 1.82) is 5.41 Å². The Hall–Kier alpha value is -3.37. The van der Waals surface area contributed by atoms with Crippen molar-refractivity contribution in [2.75, 3.05) is 5.32 Å². The van der Waals surface area contributed by atoms with Crippen LogP contribution in [-0.4, -0.2) is 23.5 Å². The summed E-state index contributed by atoms with van der Waals surface area (Å²) >= 11 is 11.8. The van der Waals surface area contributed by atoms with E-state index in [2.05, 4.69) is 10.5 Å². The highest BCUT2D eigenvalue weighted by atomic mass is 35.5. The van der Waals surface area contributed by atoms with Crippen LogP contribution in [0.15, 0.2) is 52.7 Å². The topological polar surface area (TPSA) is 105 Å². The standard InChI is InChI=1S/C20H12Cl2F4N4O2/c21-9-3-1-4-10(7-9)29-18(20(24,25)26)11(8-27)17-15(19(28)31)16(30-32-17)14-12(22)5-2-6-13(14)23/h1-8,27,29H,(H2,28,31)/b18-11+,27-8?. The van der Waals surface area contributed by atoms with Crippen LogP contribution in [0.25, 0.3) is 16.8 Å². The van der Waals surface area contributed by atoms with Crippen LogP contribution in [-0.2, 0) is 0 Å². The predicted molar refractivity (Wildman–Crippen MR) is 112 cm³/mol. The van der Waals surface area contributed by atoms with Gasteiger partial charge in [0.05, 0.1) is 16.2 Å². The molecular formula is C20H12Cl2F4N4O2. The Kier molecular flexibility index (Phi) is 6.56. The molecule has 1 aromatic heterocycles. The first-order valence-electron chi connectivity index (χ1n) is 8.63. The lowest BCUT2D eigenvalue weighted by molar-refractivity contribution is -0.0896. The van der Waals surface area contributed by atoms with Gasteiger partial charge in [0, 0.05) is 16.9 Å². The Bertz CT molecular complexity index is 1220. The highest BCUT2D eigenvalue weighted by Gasteiger charge is 2.39. The third-order valence-corrected chi connectivity index (χ3v) is 4.72. The molecule has 6 nitrogen and oxygen atoms in total.